The molecule has 0 radical (unpaired) electrons. The molecule has 0 amide bonds. The highest BCUT2D eigenvalue weighted by Gasteiger charge is 2.02. The van der Waals surface area contributed by atoms with Crippen LogP contribution in [0.5, 0.6) is 0 Å². The van der Waals surface area contributed by atoms with Crippen molar-refractivity contribution in [1.82, 2.24) is 0 Å². The summed E-state index contributed by atoms with van der Waals surface area (Å²) in [5.41, 5.74) is 0. The lowest BCUT2D eigenvalue weighted by atomic mass is 10.1. The molecule has 0 fully saturated rings. The van der Waals surface area contributed by atoms with Gasteiger partial charge in [0.1, 0.15) is 0 Å². The van der Waals surface area contributed by atoms with Gasteiger partial charge in [0.2, 0.25) is 6.54 Å². The molecule has 0 aromatic rings. The van der Waals surface area contributed by atoms with Crippen LogP contribution in [-0.4, -0.2) is 11.5 Å². The second-order valence-corrected chi connectivity index (χ2v) is 2.36. The molecular weight excluding hydrogens is 118 g/mol. The molecule has 0 rings (SSSR count). The minimum absolute atomic E-state index is 0.120. The maximum absolute atomic E-state index is 9.83. The van der Waals surface area contributed by atoms with E-state index in [0.717, 1.165) is 6.42 Å². The van der Waals surface area contributed by atoms with Crippen LogP contribution in [0.1, 0.15) is 26.7 Å². The van der Waals surface area contributed by atoms with Crippen LogP contribution < -0.4 is 0 Å². The van der Waals surface area contributed by atoms with Crippen molar-refractivity contribution >= 4 is 0 Å². The van der Waals surface area contributed by atoms with Crippen LogP contribution in [0, 0.1) is 16.0 Å². The van der Waals surface area contributed by atoms with Gasteiger partial charge >= 0.3 is 0 Å². The average Bonchev–Trinajstić information content (AvgIpc) is 1.83. The highest BCUT2D eigenvalue weighted by atomic mass is 16.6. The van der Waals surface area contributed by atoms with E-state index in [1.165, 1.54) is 0 Å². The summed E-state index contributed by atoms with van der Waals surface area (Å²) in [5, 5.41) is 9.83. The highest BCUT2D eigenvalue weighted by molar-refractivity contribution is 4.46. The zero-order valence-electron chi connectivity index (χ0n) is 5.96. The summed E-state index contributed by atoms with van der Waals surface area (Å²) in [6.07, 6.45) is 1.75. The standard InChI is InChI=1S/C6H13NO2/c1-3-6(2)4-5-7(8)9/h6H,3-5H2,1-2H3. The molecule has 0 aromatic heterocycles. The number of nitrogens with zero attached hydrogens (tertiary/aromatic N) is 1. The molecule has 0 N–H and O–H groups in total. The monoisotopic (exact) mass is 131 g/mol. The fraction of sp³-hybridized carbons (Fsp3) is 1.00. The Kier molecular flexibility index (Phi) is 4.01. The molecule has 0 bridgehead atoms. The van der Waals surface area contributed by atoms with Gasteiger partial charge in [-0.3, -0.25) is 10.1 Å². The number of hydrogen-bond donors (Lipinski definition) is 0. The molecule has 0 aromatic carbocycles. The molecule has 0 saturated heterocycles. The Labute approximate surface area is 55.2 Å². The minimum Gasteiger partial charge on any atom is -0.265 e. The van der Waals surface area contributed by atoms with Crippen LogP contribution in [0.15, 0.2) is 0 Å². The summed E-state index contributed by atoms with van der Waals surface area (Å²) in [4.78, 5) is 9.57. The molecule has 1 atom stereocenters. The molecule has 0 aliphatic rings. The number of hydrogen-bond acceptors (Lipinski definition) is 2. The molecule has 1 unspecified atom stereocenters. The first kappa shape index (κ1) is 8.40. The van der Waals surface area contributed by atoms with E-state index in [0.29, 0.717) is 12.3 Å². The molecule has 0 heterocycles. The van der Waals surface area contributed by atoms with E-state index in [-0.39, 0.29) is 11.5 Å². The fourth-order valence-electron chi connectivity index (χ4n) is 0.530. The molecule has 9 heavy (non-hydrogen) atoms. The Morgan fingerprint density at radius 1 is 1.67 bits per heavy atom. The Hall–Kier alpha value is -0.600. The van der Waals surface area contributed by atoms with Crippen molar-refractivity contribution in [2.45, 2.75) is 26.7 Å². The Bertz CT molecular complexity index is 93.1. The van der Waals surface area contributed by atoms with Crippen molar-refractivity contribution in [2.24, 2.45) is 5.92 Å². The minimum atomic E-state index is -0.258. The van der Waals surface area contributed by atoms with E-state index < -0.39 is 0 Å². The molecule has 0 aliphatic carbocycles. The second kappa shape index (κ2) is 4.30. The quantitative estimate of drug-likeness (QED) is 0.430. The zero-order valence-corrected chi connectivity index (χ0v) is 5.96. The van der Waals surface area contributed by atoms with Crippen molar-refractivity contribution in [3.63, 3.8) is 0 Å². The van der Waals surface area contributed by atoms with Crippen molar-refractivity contribution in [3.8, 4) is 0 Å². The molecule has 3 nitrogen and oxygen atoms in total. The van der Waals surface area contributed by atoms with E-state index in [2.05, 4.69) is 0 Å². The van der Waals surface area contributed by atoms with Gasteiger partial charge in [0.15, 0.2) is 0 Å². The molecule has 0 spiro atoms. The van der Waals surface area contributed by atoms with Gasteiger partial charge in [-0.05, 0) is 5.92 Å². The van der Waals surface area contributed by atoms with E-state index in [1.807, 2.05) is 13.8 Å². The van der Waals surface area contributed by atoms with Gasteiger partial charge in [-0.15, -0.1) is 0 Å². The van der Waals surface area contributed by atoms with Crippen molar-refractivity contribution in [3.05, 3.63) is 10.1 Å². The summed E-state index contributed by atoms with van der Waals surface area (Å²) < 4.78 is 0. The summed E-state index contributed by atoms with van der Waals surface area (Å²) in [5.74, 6) is 0.496. The predicted octanol–water partition coefficient (Wildman–Crippen LogP) is 1.70. The van der Waals surface area contributed by atoms with E-state index in [4.69, 9.17) is 0 Å². The molecule has 0 aliphatic heterocycles. The fourth-order valence-corrected chi connectivity index (χ4v) is 0.530. The first-order valence-corrected chi connectivity index (χ1v) is 3.28. The van der Waals surface area contributed by atoms with Crippen LogP contribution in [0.3, 0.4) is 0 Å². The zero-order chi connectivity index (χ0) is 7.28. The predicted molar refractivity (Wildman–Crippen MR) is 35.9 cm³/mol. The SMILES string of the molecule is CCC(C)CC[N+](=O)[O-]. The molecule has 0 saturated carbocycles. The lowest BCUT2D eigenvalue weighted by molar-refractivity contribution is -0.481. The summed E-state index contributed by atoms with van der Waals surface area (Å²) in [6.45, 7) is 4.20. The molecular formula is C6H13NO2. The summed E-state index contributed by atoms with van der Waals surface area (Å²) in [6, 6.07) is 0. The average molecular weight is 131 g/mol. The summed E-state index contributed by atoms with van der Waals surface area (Å²) >= 11 is 0. The highest BCUT2D eigenvalue weighted by Crippen LogP contribution is 2.04. The largest absolute Gasteiger partial charge is 0.265 e. The Morgan fingerprint density at radius 2 is 2.22 bits per heavy atom. The molecule has 54 valence electrons. The third kappa shape index (κ3) is 5.27. The second-order valence-electron chi connectivity index (χ2n) is 2.36. The third-order valence-corrected chi connectivity index (χ3v) is 1.50. The first-order chi connectivity index (χ1) is 4.16. The van der Waals surface area contributed by atoms with E-state index in [1.54, 1.807) is 0 Å². The van der Waals surface area contributed by atoms with E-state index >= 15 is 0 Å². The van der Waals surface area contributed by atoms with Crippen LogP contribution in [0.25, 0.3) is 0 Å². The van der Waals surface area contributed by atoms with Crippen molar-refractivity contribution in [2.75, 3.05) is 6.54 Å². The Morgan fingerprint density at radius 3 is 2.56 bits per heavy atom. The van der Waals surface area contributed by atoms with Crippen molar-refractivity contribution in [1.29, 1.82) is 0 Å². The van der Waals surface area contributed by atoms with Crippen LogP contribution >= 0.6 is 0 Å². The number of rotatable bonds is 4. The maximum Gasteiger partial charge on any atom is 0.204 e. The van der Waals surface area contributed by atoms with E-state index in [9.17, 15) is 10.1 Å². The lowest BCUT2D eigenvalue weighted by Gasteiger charge is -2.01. The van der Waals surface area contributed by atoms with Gasteiger partial charge in [0, 0.05) is 11.3 Å². The van der Waals surface area contributed by atoms with Gasteiger partial charge in [-0.2, -0.15) is 0 Å². The molecule has 3 heteroatoms. The van der Waals surface area contributed by atoms with Crippen LogP contribution in [-0.2, 0) is 0 Å². The third-order valence-electron chi connectivity index (χ3n) is 1.50. The van der Waals surface area contributed by atoms with Crippen LogP contribution in [0.2, 0.25) is 0 Å². The van der Waals surface area contributed by atoms with Crippen LogP contribution in [0.4, 0.5) is 0 Å². The lowest BCUT2D eigenvalue weighted by Crippen LogP contribution is -2.05. The Balaban J connectivity index is 3.16. The normalized spacial score (nSPS) is 13.1. The smallest absolute Gasteiger partial charge is 0.204 e. The maximum atomic E-state index is 9.83. The van der Waals surface area contributed by atoms with Crippen molar-refractivity contribution < 1.29 is 4.92 Å². The van der Waals surface area contributed by atoms with Gasteiger partial charge in [0.25, 0.3) is 0 Å². The summed E-state index contributed by atoms with van der Waals surface area (Å²) in [7, 11) is 0. The van der Waals surface area contributed by atoms with Gasteiger partial charge in [0.05, 0.1) is 0 Å². The van der Waals surface area contributed by atoms with Gasteiger partial charge in [-0.25, -0.2) is 0 Å². The van der Waals surface area contributed by atoms with Gasteiger partial charge in [-0.1, -0.05) is 20.3 Å². The number of nitro groups is 1. The first-order valence-electron chi connectivity index (χ1n) is 3.28. The topological polar surface area (TPSA) is 43.1 Å². The van der Waals surface area contributed by atoms with Gasteiger partial charge < -0.3 is 0 Å².